The van der Waals surface area contributed by atoms with Crippen LogP contribution in [0.4, 0.5) is 0 Å². The third-order valence-electron chi connectivity index (χ3n) is 2.23. The second kappa shape index (κ2) is 3.85. The molecule has 0 heterocycles. The van der Waals surface area contributed by atoms with Crippen LogP contribution in [0.5, 0.6) is 0 Å². The Morgan fingerprint density at radius 1 is 1.07 bits per heavy atom. The van der Waals surface area contributed by atoms with Gasteiger partial charge in [-0.2, -0.15) is 0 Å². The number of benzene rings is 2. The van der Waals surface area contributed by atoms with Gasteiger partial charge in [0.15, 0.2) is 0 Å². The predicted octanol–water partition coefficient (Wildman–Crippen LogP) is 4.12. The summed E-state index contributed by atoms with van der Waals surface area (Å²) in [4.78, 5) is 0. The summed E-state index contributed by atoms with van der Waals surface area (Å²) < 4.78 is 0. The van der Waals surface area contributed by atoms with E-state index in [2.05, 4.69) is 19.1 Å². The van der Waals surface area contributed by atoms with Gasteiger partial charge in [0.2, 0.25) is 0 Å². The van der Waals surface area contributed by atoms with E-state index in [1.807, 2.05) is 36.4 Å². The zero-order chi connectivity index (χ0) is 9.97. The summed E-state index contributed by atoms with van der Waals surface area (Å²) in [6, 6.07) is 16.9. The van der Waals surface area contributed by atoms with Gasteiger partial charge in [0.25, 0.3) is 0 Å². The number of hydrogen-bond donors (Lipinski definition) is 0. The zero-order valence-corrected chi connectivity index (χ0v) is 8.68. The summed E-state index contributed by atoms with van der Waals surface area (Å²) in [6.07, 6.45) is 0. The van der Waals surface area contributed by atoms with Crippen molar-refractivity contribution < 1.29 is 0 Å². The fraction of sp³-hybridized carbons (Fsp3) is 0.0769. The number of rotatable bonds is 1. The molecule has 2 rings (SSSR count). The van der Waals surface area contributed by atoms with Crippen molar-refractivity contribution >= 4 is 11.6 Å². The lowest BCUT2D eigenvalue weighted by atomic mass is 10.0. The molecule has 0 fully saturated rings. The zero-order valence-electron chi connectivity index (χ0n) is 7.92. The second-order valence-electron chi connectivity index (χ2n) is 3.25. The maximum Gasteiger partial charge on any atom is 0.0406 e. The molecule has 2 aromatic carbocycles. The normalized spacial score (nSPS) is 10.1. The van der Waals surface area contributed by atoms with Gasteiger partial charge in [-0.1, -0.05) is 41.9 Å². The van der Waals surface area contributed by atoms with Crippen LogP contribution in [0.15, 0.2) is 42.5 Å². The van der Waals surface area contributed by atoms with E-state index in [-0.39, 0.29) is 0 Å². The Morgan fingerprint density at radius 2 is 1.79 bits per heavy atom. The molecule has 0 aliphatic rings. The van der Waals surface area contributed by atoms with E-state index in [0.717, 1.165) is 5.02 Å². The molecule has 0 spiro atoms. The lowest BCUT2D eigenvalue weighted by Crippen LogP contribution is -1.81. The molecular weight excluding hydrogens is 192 g/mol. The smallest absolute Gasteiger partial charge is 0.0406 e. The molecule has 0 atom stereocenters. The standard InChI is InChI=1S/C13H10Cl/c1-10-4-2-3-5-13(10)11-6-8-12(14)9-7-11/h3-9H,1H3. The lowest BCUT2D eigenvalue weighted by molar-refractivity contribution is 1.45. The van der Waals surface area contributed by atoms with Crippen LogP contribution in [0.2, 0.25) is 5.02 Å². The molecule has 0 saturated heterocycles. The molecule has 0 aromatic heterocycles. The second-order valence-corrected chi connectivity index (χ2v) is 3.68. The average Bonchev–Trinajstić information content (AvgIpc) is 2.20. The molecule has 0 amide bonds. The Hall–Kier alpha value is -1.27. The highest BCUT2D eigenvalue weighted by molar-refractivity contribution is 6.30. The van der Waals surface area contributed by atoms with Gasteiger partial charge >= 0.3 is 0 Å². The Bertz CT molecular complexity index is 429. The van der Waals surface area contributed by atoms with E-state index < -0.39 is 0 Å². The molecule has 69 valence electrons. The first-order valence-corrected chi connectivity index (χ1v) is 4.88. The number of hydrogen-bond acceptors (Lipinski definition) is 0. The number of aryl methyl sites for hydroxylation is 1. The van der Waals surface area contributed by atoms with E-state index >= 15 is 0 Å². The summed E-state index contributed by atoms with van der Waals surface area (Å²) in [7, 11) is 0. The van der Waals surface area contributed by atoms with Crippen molar-refractivity contribution in [2.24, 2.45) is 0 Å². The van der Waals surface area contributed by atoms with Gasteiger partial charge in [-0.15, -0.1) is 0 Å². The molecule has 14 heavy (non-hydrogen) atoms. The predicted molar refractivity (Wildman–Crippen MR) is 60.5 cm³/mol. The topological polar surface area (TPSA) is 0 Å². The van der Waals surface area contributed by atoms with Crippen LogP contribution < -0.4 is 0 Å². The highest BCUT2D eigenvalue weighted by atomic mass is 35.5. The molecule has 0 saturated carbocycles. The summed E-state index contributed by atoms with van der Waals surface area (Å²) in [5, 5.41) is 0.772. The van der Waals surface area contributed by atoms with Crippen LogP contribution in [0.25, 0.3) is 11.1 Å². The fourth-order valence-electron chi connectivity index (χ4n) is 1.47. The largest absolute Gasteiger partial charge is 0.0843 e. The van der Waals surface area contributed by atoms with Crippen LogP contribution >= 0.6 is 11.6 Å². The quantitative estimate of drug-likeness (QED) is 0.651. The van der Waals surface area contributed by atoms with Gasteiger partial charge < -0.3 is 0 Å². The van der Waals surface area contributed by atoms with E-state index in [1.165, 1.54) is 16.7 Å². The van der Waals surface area contributed by atoms with E-state index in [0.29, 0.717) is 0 Å². The first kappa shape index (κ1) is 9.29. The molecule has 0 unspecified atom stereocenters. The first-order valence-electron chi connectivity index (χ1n) is 4.50. The molecule has 0 aliphatic carbocycles. The van der Waals surface area contributed by atoms with Crippen LogP contribution in [-0.2, 0) is 0 Å². The van der Waals surface area contributed by atoms with Gasteiger partial charge in [-0.05, 0) is 41.8 Å². The first-order chi connectivity index (χ1) is 6.77. The molecule has 0 N–H and O–H groups in total. The lowest BCUT2D eigenvalue weighted by Gasteiger charge is -2.04. The molecule has 1 radical (unpaired) electrons. The van der Waals surface area contributed by atoms with Crippen molar-refractivity contribution in [3.8, 4) is 11.1 Å². The van der Waals surface area contributed by atoms with Crippen LogP contribution in [0, 0.1) is 13.0 Å². The summed E-state index contributed by atoms with van der Waals surface area (Å²) in [6.45, 7) is 2.08. The third-order valence-corrected chi connectivity index (χ3v) is 2.48. The van der Waals surface area contributed by atoms with Crippen LogP contribution in [0.1, 0.15) is 5.56 Å². The maximum absolute atomic E-state index is 5.83. The molecule has 1 heteroatoms. The maximum atomic E-state index is 5.83. The van der Waals surface area contributed by atoms with Crippen molar-refractivity contribution in [2.45, 2.75) is 6.92 Å². The van der Waals surface area contributed by atoms with Crippen LogP contribution in [-0.4, -0.2) is 0 Å². The number of halogens is 1. The highest BCUT2D eigenvalue weighted by Gasteiger charge is 1.99. The Kier molecular flexibility index (Phi) is 2.55. The summed E-state index contributed by atoms with van der Waals surface area (Å²) in [5.41, 5.74) is 3.66. The van der Waals surface area contributed by atoms with Crippen molar-refractivity contribution in [2.75, 3.05) is 0 Å². The Labute approximate surface area is 89.2 Å². The minimum Gasteiger partial charge on any atom is -0.0843 e. The van der Waals surface area contributed by atoms with Gasteiger partial charge in [0.1, 0.15) is 0 Å². The molecular formula is C13H10Cl. The van der Waals surface area contributed by atoms with Crippen molar-refractivity contribution in [3.63, 3.8) is 0 Å². The van der Waals surface area contributed by atoms with Gasteiger partial charge in [0.05, 0.1) is 0 Å². The fourth-order valence-corrected chi connectivity index (χ4v) is 1.59. The Morgan fingerprint density at radius 3 is 2.43 bits per heavy atom. The molecule has 0 aliphatic heterocycles. The van der Waals surface area contributed by atoms with Crippen molar-refractivity contribution in [3.05, 3.63) is 59.1 Å². The Balaban J connectivity index is 2.50. The average molecular weight is 202 g/mol. The van der Waals surface area contributed by atoms with Gasteiger partial charge in [-0.3, -0.25) is 0 Å². The van der Waals surface area contributed by atoms with E-state index in [1.54, 1.807) is 0 Å². The van der Waals surface area contributed by atoms with Crippen LogP contribution in [0.3, 0.4) is 0 Å². The van der Waals surface area contributed by atoms with E-state index in [9.17, 15) is 0 Å². The SMILES string of the molecule is Cc1c[c]ccc1-c1ccc(Cl)cc1. The van der Waals surface area contributed by atoms with Crippen molar-refractivity contribution in [1.82, 2.24) is 0 Å². The monoisotopic (exact) mass is 201 g/mol. The van der Waals surface area contributed by atoms with Gasteiger partial charge in [-0.25, -0.2) is 0 Å². The third kappa shape index (κ3) is 1.80. The van der Waals surface area contributed by atoms with Crippen molar-refractivity contribution in [1.29, 1.82) is 0 Å². The minimum absolute atomic E-state index is 0.772. The highest BCUT2D eigenvalue weighted by Crippen LogP contribution is 2.24. The van der Waals surface area contributed by atoms with E-state index in [4.69, 9.17) is 11.6 Å². The van der Waals surface area contributed by atoms with Gasteiger partial charge in [0, 0.05) is 5.02 Å². The molecule has 2 aromatic rings. The summed E-state index contributed by atoms with van der Waals surface area (Å²) >= 11 is 5.83. The summed E-state index contributed by atoms with van der Waals surface area (Å²) in [5.74, 6) is 0. The molecule has 0 nitrogen and oxygen atoms in total. The minimum atomic E-state index is 0.772. The molecule has 0 bridgehead atoms.